The first kappa shape index (κ1) is 96.9. The van der Waals surface area contributed by atoms with E-state index in [0.29, 0.717) is 35.7 Å². The third-order valence-corrected chi connectivity index (χ3v) is 17.7. The lowest BCUT2D eigenvalue weighted by atomic mass is 9.96. The quantitative estimate of drug-likeness (QED) is 0.00654. The lowest BCUT2D eigenvalue weighted by Gasteiger charge is -2.30. The smallest absolute Gasteiger partial charge is 0.329 e. The molecule has 118 heavy (non-hydrogen) atoms. The van der Waals surface area contributed by atoms with Crippen LogP contribution in [0.2, 0.25) is 0 Å². The highest BCUT2D eigenvalue weighted by atomic mass is 16.5. The van der Waals surface area contributed by atoms with Crippen LogP contribution in [0.25, 0.3) is 10.9 Å². The van der Waals surface area contributed by atoms with Crippen LogP contribution in [0.4, 0.5) is 5.69 Å². The summed E-state index contributed by atoms with van der Waals surface area (Å²) < 4.78 is 5.68. The SMILES string of the molecule is CCC/C=C\C/C=C\CC/C=C/C(=O)N[C@@H](Cc1c[nH]c2ccccc12)C(=O)N[C@@H](CC(N)=O)C(=O)N[C@@H](CC(=O)O)C(=O)N[C@@H]1C(=O)NCC(=O)N[C@@H](CCCN)C(=O)N[C@@H](CC(=O)O)C(=O)N[C@H](C)C(=O)N[C@@H](CC(=O)O)C(=O)NCC(=O)N[C@H](CO)C(=O)N[C@@H]([C@H](C)CC(=O)O)C(=O)N[C@@H](CC(=O)c2ccccc2N)C(=O)O[C@@H]1C. The number of para-hydroxylation sites is 2. The fourth-order valence-electron chi connectivity index (χ4n) is 11.5. The number of cyclic esters (lactones) is 1. The van der Waals surface area contributed by atoms with Crippen LogP contribution in [0.3, 0.4) is 0 Å². The number of unbranched alkanes of at least 4 members (excludes halogenated alkanes) is 2. The number of carboxylic acids is 4. The van der Waals surface area contributed by atoms with Gasteiger partial charge in [-0.25, -0.2) is 4.79 Å². The molecule has 0 unspecified atom stereocenters. The Morgan fingerprint density at radius 3 is 1.73 bits per heavy atom. The van der Waals surface area contributed by atoms with E-state index >= 15 is 0 Å². The van der Waals surface area contributed by atoms with Crippen LogP contribution in [-0.2, 0) is 102 Å². The number of ether oxygens (including phenoxy) is 1. The second kappa shape index (κ2) is 49.3. The molecular weight excluding hydrogens is 1550 g/mol. The number of allylic oxidation sites excluding steroid dienone is 5. The molecule has 1 aliphatic heterocycles. The minimum Gasteiger partial charge on any atom is -0.481 e. The number of fused-ring (bicyclic) bond motifs is 1. The van der Waals surface area contributed by atoms with Crippen LogP contribution in [-0.4, -0.2) is 248 Å². The number of hydrogen-bond acceptors (Lipinski definition) is 24. The highest BCUT2D eigenvalue weighted by Gasteiger charge is 2.41. The fourth-order valence-corrected chi connectivity index (χ4v) is 11.5. The summed E-state index contributed by atoms with van der Waals surface area (Å²) in [5.74, 6) is -30.1. The Morgan fingerprint density at radius 1 is 0.568 bits per heavy atom. The van der Waals surface area contributed by atoms with Gasteiger partial charge in [-0.15, -0.1) is 0 Å². The Hall–Kier alpha value is -13.5. The van der Waals surface area contributed by atoms with E-state index in [4.69, 9.17) is 21.9 Å². The maximum absolute atomic E-state index is 14.9. The number of carbonyl (C=O) groups excluding carboxylic acids is 16. The Bertz CT molecular complexity index is 4260. The number of Topliss-reactive ketones (excluding diaryl/α,β-unsaturated/α-hetero) is 1. The summed E-state index contributed by atoms with van der Waals surface area (Å²) in [6.07, 6.45) is 5.79. The van der Waals surface area contributed by atoms with Gasteiger partial charge >= 0.3 is 29.8 Å². The van der Waals surface area contributed by atoms with Gasteiger partial charge in [-0.1, -0.05) is 81.0 Å². The number of aliphatic hydroxyl groups is 1. The molecule has 1 aromatic heterocycles. The van der Waals surface area contributed by atoms with Crippen LogP contribution in [0, 0.1) is 5.92 Å². The Balaban J connectivity index is 1.87. The Kier molecular flexibility index (Phi) is 40.5. The molecule has 0 radical (unpaired) electrons. The lowest BCUT2D eigenvalue weighted by molar-refractivity contribution is -0.156. The number of aromatic nitrogens is 1. The van der Waals surface area contributed by atoms with Gasteiger partial charge in [0.2, 0.25) is 82.7 Å². The average molecular weight is 1660 g/mol. The third kappa shape index (κ3) is 33.5. The summed E-state index contributed by atoms with van der Waals surface area (Å²) in [7, 11) is 0. The van der Waals surface area contributed by atoms with Crippen LogP contribution in [0.15, 0.2) is 91.2 Å². The van der Waals surface area contributed by atoms with Gasteiger partial charge < -0.3 is 122 Å². The van der Waals surface area contributed by atoms with Gasteiger partial charge in [0.15, 0.2) is 5.78 Å². The summed E-state index contributed by atoms with van der Waals surface area (Å²) >= 11 is 0. The van der Waals surface area contributed by atoms with Gasteiger partial charge in [0.25, 0.3) is 0 Å². The van der Waals surface area contributed by atoms with Crippen molar-refractivity contribution in [3.05, 3.63) is 102 Å². The molecule has 3 aromatic rings. The van der Waals surface area contributed by atoms with Crippen molar-refractivity contribution in [3.63, 3.8) is 0 Å². The van der Waals surface area contributed by atoms with Gasteiger partial charge in [-0.2, -0.15) is 0 Å². The number of rotatable bonds is 35. The van der Waals surface area contributed by atoms with Crippen molar-refractivity contribution in [1.82, 2.24) is 74.1 Å². The standard InChI is InChI=1S/C75H101N17O26/c1-5-6-7-8-9-10-11-12-13-14-25-56(96)84-47(28-41-34-79-45-23-18-16-20-42(41)45)69(111)87-48(30-55(78)95)70(112)89-51(33-62(105)106)71(113)92-64-40(4)118-75(117)52(29-54(94)43-21-15-17-22-44(43)77)90-74(116)63(38(2)27-59(99)100)91-72(114)53(37-93)85-58(98)35-80-66(108)49(31-60(101)102)86-65(107)39(3)82-68(110)50(32-61(103)104)88-67(109)46(24-19-26-76)83-57(97)36-81-73(64)115/h7-8,10-11,14-18,20-23,25,34,38-40,46-53,63-64,79,93H,5-6,9,12-13,19,24,26-33,35-37,76-77H2,1-4H3,(H2,78,95)(H,80,108)(H,81,115)(H,82,110)(H,83,97)(H,84,96)(H,85,98)(H,86,107)(H,87,111)(H,88,109)(H,89,112)(H,90,116)(H,91,114)(H,92,113)(H,99,100)(H,101,102)(H,103,104)(H,105,106)/b8-7-,11-10-,25-14+/t38-,39-,40-,46+,47+,48+,49+,50+,51+,52+,53-,63+,64+/m1/s1. The molecule has 1 saturated heterocycles. The van der Waals surface area contributed by atoms with E-state index in [1.54, 1.807) is 36.5 Å². The molecule has 0 spiro atoms. The maximum Gasteiger partial charge on any atom is 0.329 e. The summed E-state index contributed by atoms with van der Waals surface area (Å²) in [4.78, 5) is 276. The van der Waals surface area contributed by atoms with Crippen LogP contribution in [0.1, 0.15) is 127 Å². The number of carboxylic acid groups (broad SMARTS) is 4. The zero-order valence-corrected chi connectivity index (χ0v) is 64.9. The number of benzene rings is 2. The molecule has 642 valence electrons. The van der Waals surface area contributed by atoms with Crippen molar-refractivity contribution in [2.45, 2.75) is 190 Å². The largest absolute Gasteiger partial charge is 0.481 e. The van der Waals surface area contributed by atoms with Crippen molar-refractivity contribution in [2.24, 2.45) is 17.4 Å². The second-order valence-electron chi connectivity index (χ2n) is 27.3. The molecule has 0 saturated carbocycles. The number of aliphatic carboxylic acids is 4. The molecule has 0 bridgehead atoms. The molecule has 43 heteroatoms. The molecule has 25 N–H and O–H groups in total. The molecule has 1 fully saturated rings. The molecular formula is C75H101N17O26. The Labute approximate surface area is 674 Å². The normalized spacial score (nSPS) is 21.2. The number of H-pyrrole nitrogens is 1. The van der Waals surface area contributed by atoms with Crippen LogP contribution < -0.4 is 86.3 Å². The summed E-state index contributed by atoms with van der Waals surface area (Å²) in [6.45, 7) is 1.07. The monoisotopic (exact) mass is 1660 g/mol. The van der Waals surface area contributed by atoms with Crippen molar-refractivity contribution in [3.8, 4) is 0 Å². The number of nitrogens with two attached hydrogens (primary N) is 3. The number of primary amides is 1. The number of ketones is 1. The van der Waals surface area contributed by atoms with Gasteiger partial charge in [0.05, 0.1) is 51.8 Å². The molecule has 14 amide bonds. The first-order chi connectivity index (χ1) is 55.9. The van der Waals surface area contributed by atoms with Gasteiger partial charge in [0, 0.05) is 41.2 Å². The van der Waals surface area contributed by atoms with Crippen LogP contribution in [0.5, 0.6) is 0 Å². The number of hydrogen-bond donors (Lipinski definition) is 22. The number of amides is 14. The van der Waals surface area contributed by atoms with E-state index in [9.17, 15) is 121 Å². The van der Waals surface area contributed by atoms with Crippen LogP contribution >= 0.6 is 0 Å². The number of anilines is 1. The molecule has 2 heterocycles. The molecule has 43 nitrogen and oxygen atoms in total. The van der Waals surface area contributed by atoms with E-state index in [1.165, 1.54) is 30.3 Å². The highest BCUT2D eigenvalue weighted by molar-refractivity contribution is 6.05. The zero-order chi connectivity index (χ0) is 87.9. The second-order valence-corrected chi connectivity index (χ2v) is 27.3. The number of aromatic amines is 1. The van der Waals surface area contributed by atoms with Gasteiger partial charge in [-0.3, -0.25) is 91.1 Å². The average Bonchev–Trinajstić information content (AvgIpc) is 1.59. The predicted octanol–water partition coefficient (Wildman–Crippen LogP) is -5.12. The molecule has 13 atom stereocenters. The fraction of sp³-hybridized carbons (Fsp3) is 0.467. The van der Waals surface area contributed by atoms with E-state index < -0.39 is 261 Å². The zero-order valence-electron chi connectivity index (χ0n) is 64.9. The number of carbonyl (C=O) groups is 20. The number of aliphatic hydroxyl groups excluding tert-OH is 1. The molecule has 2 aromatic carbocycles. The molecule has 1 aliphatic rings. The summed E-state index contributed by atoms with van der Waals surface area (Å²) in [5, 5.41) is 78.5. The van der Waals surface area contributed by atoms with Crippen molar-refractivity contribution in [1.29, 1.82) is 0 Å². The first-order valence-electron chi connectivity index (χ1n) is 37.3. The van der Waals surface area contributed by atoms with E-state index in [2.05, 4.69) is 71.2 Å². The third-order valence-electron chi connectivity index (χ3n) is 17.7. The molecule has 4 rings (SSSR count). The predicted molar refractivity (Wildman–Crippen MR) is 414 cm³/mol. The van der Waals surface area contributed by atoms with E-state index in [-0.39, 0.29) is 30.6 Å². The number of nitrogens with one attached hydrogen (secondary N) is 14. The topological polar surface area (TPSA) is 702 Å². The van der Waals surface area contributed by atoms with Gasteiger partial charge in [-0.05, 0) is 94.7 Å². The number of esters is 1. The number of nitrogen functional groups attached to an aromatic ring is 1. The van der Waals surface area contributed by atoms with E-state index in [0.717, 1.165) is 33.6 Å². The molecule has 0 aliphatic carbocycles. The maximum atomic E-state index is 14.9. The summed E-state index contributed by atoms with van der Waals surface area (Å²) in [6, 6.07) is -10.8. The van der Waals surface area contributed by atoms with Crippen molar-refractivity contribution >= 4 is 135 Å². The minimum atomic E-state index is -2.46. The highest BCUT2D eigenvalue weighted by Crippen LogP contribution is 2.21. The summed E-state index contributed by atoms with van der Waals surface area (Å²) in [5.41, 5.74) is 18.0. The van der Waals surface area contributed by atoms with Crippen molar-refractivity contribution < 1.29 is 126 Å². The van der Waals surface area contributed by atoms with E-state index in [1.807, 2.05) is 34.2 Å². The Morgan fingerprint density at radius 2 is 1.12 bits per heavy atom. The first-order valence-corrected chi connectivity index (χ1v) is 37.3. The van der Waals surface area contributed by atoms with Crippen molar-refractivity contribution in [2.75, 3.05) is 32.0 Å². The lowest BCUT2D eigenvalue weighted by Crippen LogP contribution is -2.62. The van der Waals surface area contributed by atoms with Gasteiger partial charge in [0.1, 0.15) is 72.6 Å². The minimum absolute atomic E-state index is 0.0984.